The van der Waals surface area contributed by atoms with Crippen molar-refractivity contribution in [3.05, 3.63) is 0 Å². The molecule has 1 fully saturated rings. The van der Waals surface area contributed by atoms with Crippen molar-refractivity contribution in [2.45, 2.75) is 24.9 Å². The molecule has 3 N–H and O–H groups in total. The maximum atomic E-state index is 10.7. The summed E-state index contributed by atoms with van der Waals surface area (Å²) in [5.41, 5.74) is 4.66. The smallest absolute Gasteiger partial charge is 0.325 e. The molecule has 0 amide bonds. The molecular weight excluding hydrogens is 144 g/mol. The quantitative estimate of drug-likeness (QED) is 0.539. The molecule has 0 aromatic heterocycles. The second-order valence-electron chi connectivity index (χ2n) is 3.25. The highest BCUT2D eigenvalue weighted by atomic mass is 16.4. The first kappa shape index (κ1) is 8.49. The van der Waals surface area contributed by atoms with Gasteiger partial charge in [-0.15, -0.1) is 0 Å². The van der Waals surface area contributed by atoms with Gasteiger partial charge in [0.1, 0.15) is 5.54 Å². The van der Waals surface area contributed by atoms with Gasteiger partial charge < -0.3 is 15.7 Å². The Bertz CT molecular complexity index is 183. The summed E-state index contributed by atoms with van der Waals surface area (Å²) in [6, 6.07) is -0.0694. The fraction of sp³-hybridized carbons (Fsp3) is 0.857. The van der Waals surface area contributed by atoms with Crippen LogP contribution in [0.25, 0.3) is 0 Å². The van der Waals surface area contributed by atoms with Crippen LogP contribution in [0.3, 0.4) is 0 Å². The van der Waals surface area contributed by atoms with Gasteiger partial charge in [-0.3, -0.25) is 4.79 Å². The highest BCUT2D eigenvalue weighted by Gasteiger charge is 2.46. The summed E-state index contributed by atoms with van der Waals surface area (Å²) in [5.74, 6) is -0.894. The zero-order valence-electron chi connectivity index (χ0n) is 6.87. The predicted octanol–water partition coefficient (Wildman–Crippen LogP) is -0.507. The molecule has 1 aliphatic rings. The lowest BCUT2D eigenvalue weighted by atomic mass is 9.93. The van der Waals surface area contributed by atoms with Gasteiger partial charge in [0.15, 0.2) is 0 Å². The van der Waals surface area contributed by atoms with Crippen molar-refractivity contribution in [3.8, 4) is 0 Å². The van der Waals surface area contributed by atoms with Gasteiger partial charge in [0, 0.05) is 12.6 Å². The number of hydrogen-bond acceptors (Lipinski definition) is 3. The number of likely N-dealkylation sites (tertiary alicyclic amines) is 1. The average Bonchev–Trinajstić information content (AvgIpc) is 2.18. The number of aliphatic carboxylic acids is 1. The molecular formula is C7H14N2O2. The Morgan fingerprint density at radius 1 is 1.82 bits per heavy atom. The summed E-state index contributed by atoms with van der Waals surface area (Å²) in [7, 11) is 1.89. The van der Waals surface area contributed by atoms with E-state index in [-0.39, 0.29) is 6.04 Å². The molecule has 4 nitrogen and oxygen atoms in total. The molecule has 0 aromatic rings. The Morgan fingerprint density at radius 3 is 2.55 bits per heavy atom. The van der Waals surface area contributed by atoms with E-state index in [4.69, 9.17) is 10.8 Å². The number of rotatable bonds is 1. The summed E-state index contributed by atoms with van der Waals surface area (Å²) in [4.78, 5) is 12.7. The monoisotopic (exact) mass is 158 g/mol. The lowest BCUT2D eigenvalue weighted by molar-refractivity contribution is -0.144. The number of hydrogen-bond donors (Lipinski definition) is 2. The van der Waals surface area contributed by atoms with Gasteiger partial charge in [0.05, 0.1) is 0 Å². The van der Waals surface area contributed by atoms with Crippen molar-refractivity contribution in [3.63, 3.8) is 0 Å². The van der Waals surface area contributed by atoms with Gasteiger partial charge in [-0.05, 0) is 20.4 Å². The molecule has 1 aliphatic heterocycles. The molecule has 0 bridgehead atoms. The van der Waals surface area contributed by atoms with Crippen LogP contribution >= 0.6 is 0 Å². The van der Waals surface area contributed by atoms with Crippen LogP contribution in [0.2, 0.25) is 0 Å². The van der Waals surface area contributed by atoms with Crippen LogP contribution in [0, 0.1) is 0 Å². The molecule has 1 saturated heterocycles. The number of likely N-dealkylation sites (N-methyl/N-ethyl adjacent to an activating group) is 1. The second kappa shape index (κ2) is 2.46. The van der Waals surface area contributed by atoms with Crippen molar-refractivity contribution in [1.29, 1.82) is 0 Å². The number of nitrogens with zero attached hydrogens (tertiary/aromatic N) is 1. The van der Waals surface area contributed by atoms with Crippen LogP contribution in [0.1, 0.15) is 13.3 Å². The number of carboxylic acid groups (broad SMARTS) is 1. The Morgan fingerprint density at radius 2 is 2.36 bits per heavy atom. The minimum atomic E-state index is -1.03. The summed E-state index contributed by atoms with van der Waals surface area (Å²) in [5, 5.41) is 8.81. The minimum Gasteiger partial charge on any atom is -0.480 e. The Hall–Kier alpha value is -0.610. The maximum Gasteiger partial charge on any atom is 0.325 e. The molecule has 4 heteroatoms. The standard InChI is InChI=1S/C7H14N2O2/c1-5-7(8,6(10)11)3-4-9(5)2/h5H,3-4,8H2,1-2H3,(H,10,11). The van der Waals surface area contributed by atoms with Gasteiger partial charge >= 0.3 is 5.97 Å². The maximum absolute atomic E-state index is 10.7. The summed E-state index contributed by atoms with van der Waals surface area (Å²) in [6.07, 6.45) is 0.542. The van der Waals surface area contributed by atoms with Crippen molar-refractivity contribution < 1.29 is 9.90 Å². The average molecular weight is 158 g/mol. The molecule has 1 rings (SSSR count). The molecule has 0 saturated carbocycles. The van der Waals surface area contributed by atoms with Gasteiger partial charge in [-0.25, -0.2) is 0 Å². The fourth-order valence-corrected chi connectivity index (χ4v) is 1.44. The highest BCUT2D eigenvalue weighted by molar-refractivity contribution is 5.80. The predicted molar refractivity (Wildman–Crippen MR) is 41.3 cm³/mol. The molecule has 2 atom stereocenters. The molecule has 1 heterocycles. The van der Waals surface area contributed by atoms with Gasteiger partial charge in [0.25, 0.3) is 0 Å². The van der Waals surface area contributed by atoms with E-state index in [1.165, 1.54) is 0 Å². The normalized spacial score (nSPS) is 39.4. The van der Waals surface area contributed by atoms with E-state index < -0.39 is 11.5 Å². The fourth-order valence-electron chi connectivity index (χ4n) is 1.44. The minimum absolute atomic E-state index is 0.0694. The lowest BCUT2D eigenvalue weighted by Crippen LogP contribution is -2.55. The molecule has 0 aromatic carbocycles. The third-order valence-corrected chi connectivity index (χ3v) is 2.68. The Balaban J connectivity index is 2.81. The van der Waals surface area contributed by atoms with Crippen molar-refractivity contribution >= 4 is 5.97 Å². The molecule has 11 heavy (non-hydrogen) atoms. The zero-order valence-corrected chi connectivity index (χ0v) is 6.87. The number of carbonyl (C=O) groups is 1. The number of nitrogens with two attached hydrogens (primary N) is 1. The van der Waals surface area contributed by atoms with Gasteiger partial charge in [-0.2, -0.15) is 0 Å². The van der Waals surface area contributed by atoms with E-state index in [2.05, 4.69) is 0 Å². The summed E-state index contributed by atoms with van der Waals surface area (Å²) in [6.45, 7) is 2.62. The van der Waals surface area contributed by atoms with Crippen LogP contribution in [0.15, 0.2) is 0 Å². The molecule has 0 radical (unpaired) electrons. The van der Waals surface area contributed by atoms with E-state index in [1.54, 1.807) is 0 Å². The first-order valence-electron chi connectivity index (χ1n) is 3.71. The van der Waals surface area contributed by atoms with Gasteiger partial charge in [-0.1, -0.05) is 0 Å². The van der Waals surface area contributed by atoms with Crippen LogP contribution < -0.4 is 5.73 Å². The van der Waals surface area contributed by atoms with Crippen molar-refractivity contribution in [2.75, 3.05) is 13.6 Å². The third kappa shape index (κ3) is 1.12. The highest BCUT2D eigenvalue weighted by Crippen LogP contribution is 2.24. The van der Waals surface area contributed by atoms with Crippen LogP contribution in [-0.4, -0.2) is 41.1 Å². The molecule has 0 spiro atoms. The zero-order chi connectivity index (χ0) is 8.65. The van der Waals surface area contributed by atoms with Gasteiger partial charge in [0.2, 0.25) is 0 Å². The van der Waals surface area contributed by atoms with Crippen molar-refractivity contribution in [2.24, 2.45) is 5.73 Å². The van der Waals surface area contributed by atoms with Crippen LogP contribution in [0.5, 0.6) is 0 Å². The van der Waals surface area contributed by atoms with E-state index >= 15 is 0 Å². The lowest BCUT2D eigenvalue weighted by Gasteiger charge is -2.26. The first-order valence-corrected chi connectivity index (χ1v) is 3.71. The topological polar surface area (TPSA) is 66.6 Å². The SMILES string of the molecule is CC1N(C)CCC1(N)C(=O)O. The van der Waals surface area contributed by atoms with E-state index in [1.807, 2.05) is 18.9 Å². The largest absolute Gasteiger partial charge is 0.480 e. The second-order valence-corrected chi connectivity index (χ2v) is 3.25. The first-order chi connectivity index (χ1) is 4.98. The number of carboxylic acids is 1. The molecule has 2 unspecified atom stereocenters. The van der Waals surface area contributed by atoms with E-state index in [0.717, 1.165) is 6.54 Å². The van der Waals surface area contributed by atoms with Crippen LogP contribution in [-0.2, 0) is 4.79 Å². The van der Waals surface area contributed by atoms with E-state index in [0.29, 0.717) is 6.42 Å². The third-order valence-electron chi connectivity index (χ3n) is 2.68. The van der Waals surface area contributed by atoms with E-state index in [9.17, 15) is 4.79 Å². The molecule has 0 aliphatic carbocycles. The summed E-state index contributed by atoms with van der Waals surface area (Å²) >= 11 is 0. The Labute approximate surface area is 66.0 Å². The molecule has 64 valence electrons. The Kier molecular flexibility index (Phi) is 1.90. The summed E-state index contributed by atoms with van der Waals surface area (Å²) < 4.78 is 0. The van der Waals surface area contributed by atoms with Crippen molar-refractivity contribution in [1.82, 2.24) is 4.90 Å². The van der Waals surface area contributed by atoms with Crippen LogP contribution in [0.4, 0.5) is 0 Å².